The van der Waals surface area contributed by atoms with Gasteiger partial charge < -0.3 is 4.90 Å². The topological polar surface area (TPSA) is 56.0 Å². The number of nitrogens with zero attached hydrogens (tertiary/aromatic N) is 5. The first-order chi connectivity index (χ1) is 12.7. The Balaban J connectivity index is 1.65. The fourth-order valence-corrected chi connectivity index (χ4v) is 3.18. The summed E-state index contributed by atoms with van der Waals surface area (Å²) in [6.07, 6.45) is -1.17. The fourth-order valence-electron chi connectivity index (χ4n) is 2.98. The van der Waals surface area contributed by atoms with Crippen molar-refractivity contribution in [2.24, 2.45) is 0 Å². The molecular formula is C17H21ClF3N5O. The lowest BCUT2D eigenvalue weighted by molar-refractivity contribution is -0.141. The molecule has 0 bridgehead atoms. The molecular weight excluding hydrogens is 383 g/mol. The minimum absolute atomic E-state index is 0.0626. The van der Waals surface area contributed by atoms with Crippen LogP contribution in [0.1, 0.15) is 49.2 Å². The summed E-state index contributed by atoms with van der Waals surface area (Å²) in [4.78, 5) is 13.9. The number of carbonyl (C=O) groups is 1. The third-order valence-electron chi connectivity index (χ3n) is 4.64. The van der Waals surface area contributed by atoms with E-state index in [2.05, 4.69) is 10.2 Å². The van der Waals surface area contributed by atoms with E-state index in [-0.39, 0.29) is 31.3 Å². The van der Waals surface area contributed by atoms with Crippen LogP contribution in [0.15, 0.2) is 12.3 Å². The van der Waals surface area contributed by atoms with Gasteiger partial charge in [-0.05, 0) is 25.8 Å². The minimum Gasteiger partial charge on any atom is -0.340 e. The van der Waals surface area contributed by atoms with Gasteiger partial charge in [0, 0.05) is 38.2 Å². The third kappa shape index (κ3) is 4.45. The molecule has 148 valence electrons. The molecule has 1 fully saturated rings. The molecule has 2 aromatic rings. The smallest absolute Gasteiger partial charge is 0.340 e. The molecule has 0 N–H and O–H groups in total. The van der Waals surface area contributed by atoms with E-state index in [9.17, 15) is 18.0 Å². The maximum atomic E-state index is 12.9. The molecule has 0 atom stereocenters. The van der Waals surface area contributed by atoms with E-state index >= 15 is 0 Å². The summed E-state index contributed by atoms with van der Waals surface area (Å²) in [5.41, 5.74) is 0.390. The van der Waals surface area contributed by atoms with Crippen LogP contribution in [0.3, 0.4) is 0 Å². The maximum absolute atomic E-state index is 12.9. The Bertz CT molecular complexity index is 825. The monoisotopic (exact) mass is 403 g/mol. The molecule has 1 saturated carbocycles. The van der Waals surface area contributed by atoms with Crippen molar-refractivity contribution in [3.8, 4) is 0 Å². The lowest BCUT2D eigenvalue weighted by atomic mass is 10.2. The van der Waals surface area contributed by atoms with Gasteiger partial charge in [-0.3, -0.25) is 14.2 Å². The van der Waals surface area contributed by atoms with Gasteiger partial charge in [0.2, 0.25) is 5.91 Å². The molecule has 0 spiro atoms. The molecule has 0 radical (unpaired) electrons. The van der Waals surface area contributed by atoms with E-state index in [4.69, 9.17) is 11.6 Å². The second kappa shape index (κ2) is 7.53. The van der Waals surface area contributed by atoms with Crippen molar-refractivity contribution >= 4 is 17.5 Å². The number of aryl methyl sites for hydroxylation is 2. The van der Waals surface area contributed by atoms with Crippen molar-refractivity contribution in [3.05, 3.63) is 34.4 Å². The average molecular weight is 404 g/mol. The first kappa shape index (κ1) is 19.7. The van der Waals surface area contributed by atoms with Crippen molar-refractivity contribution in [1.29, 1.82) is 0 Å². The summed E-state index contributed by atoms with van der Waals surface area (Å²) in [5, 5.41) is 8.29. The zero-order valence-corrected chi connectivity index (χ0v) is 15.9. The Morgan fingerprint density at radius 3 is 2.67 bits per heavy atom. The molecule has 2 aromatic heterocycles. The second-order valence-electron chi connectivity index (χ2n) is 6.70. The highest BCUT2D eigenvalue weighted by molar-refractivity contribution is 6.31. The van der Waals surface area contributed by atoms with Crippen molar-refractivity contribution in [1.82, 2.24) is 24.5 Å². The number of carbonyl (C=O) groups excluding carboxylic acids is 1. The van der Waals surface area contributed by atoms with Gasteiger partial charge >= 0.3 is 6.18 Å². The Kier molecular flexibility index (Phi) is 5.50. The van der Waals surface area contributed by atoms with Crippen LogP contribution in [0.4, 0.5) is 13.2 Å². The van der Waals surface area contributed by atoms with Gasteiger partial charge in [0.25, 0.3) is 0 Å². The zero-order valence-electron chi connectivity index (χ0n) is 15.1. The number of aromatic nitrogens is 4. The molecule has 0 aliphatic heterocycles. The summed E-state index contributed by atoms with van der Waals surface area (Å²) in [6, 6.07) is 1.10. The van der Waals surface area contributed by atoms with E-state index in [0.29, 0.717) is 17.3 Å². The Morgan fingerprint density at radius 2 is 2.07 bits per heavy atom. The number of hydrogen-bond acceptors (Lipinski definition) is 3. The lowest BCUT2D eigenvalue weighted by Crippen LogP contribution is -2.28. The Labute approximate surface area is 159 Å². The van der Waals surface area contributed by atoms with Crippen molar-refractivity contribution in [2.45, 2.75) is 57.9 Å². The molecule has 0 aromatic carbocycles. The molecule has 1 amide bonds. The third-order valence-corrected chi connectivity index (χ3v) is 4.96. The molecule has 10 heteroatoms. The largest absolute Gasteiger partial charge is 0.435 e. The fraction of sp³-hybridized carbons (Fsp3) is 0.588. The summed E-state index contributed by atoms with van der Waals surface area (Å²) in [7, 11) is 1.64. The van der Waals surface area contributed by atoms with E-state index in [1.165, 1.54) is 15.8 Å². The summed E-state index contributed by atoms with van der Waals surface area (Å²) in [5.74, 6) is -0.0835. The average Bonchev–Trinajstić information content (AvgIpc) is 3.26. The van der Waals surface area contributed by atoms with E-state index < -0.39 is 11.9 Å². The van der Waals surface area contributed by atoms with Crippen LogP contribution in [0, 0.1) is 0 Å². The van der Waals surface area contributed by atoms with Crippen LogP contribution >= 0.6 is 11.6 Å². The quantitative estimate of drug-likeness (QED) is 0.708. The highest BCUT2D eigenvalue weighted by Gasteiger charge is 2.37. The zero-order chi connectivity index (χ0) is 19.8. The Morgan fingerprint density at radius 1 is 1.37 bits per heavy atom. The van der Waals surface area contributed by atoms with Gasteiger partial charge in [0.05, 0.1) is 23.5 Å². The van der Waals surface area contributed by atoms with E-state index in [0.717, 1.165) is 24.6 Å². The normalized spacial score (nSPS) is 14.6. The number of hydrogen-bond donors (Lipinski definition) is 0. The minimum atomic E-state index is -4.48. The van der Waals surface area contributed by atoms with Crippen molar-refractivity contribution in [3.63, 3.8) is 0 Å². The molecule has 6 nitrogen and oxygen atoms in total. The standard InChI is InChI=1S/C17H21ClF3N5O/c1-3-25-14(12(18)9-22-25)10-24(2)16(27)6-7-26-13(11-4-5-11)8-15(23-26)17(19,20)21/h8-9,11H,3-7,10H2,1-2H3. The predicted octanol–water partition coefficient (Wildman–Crippen LogP) is 3.70. The number of alkyl halides is 3. The molecule has 3 rings (SSSR count). The van der Waals surface area contributed by atoms with Gasteiger partial charge in [-0.2, -0.15) is 23.4 Å². The van der Waals surface area contributed by atoms with Gasteiger partial charge in [-0.1, -0.05) is 11.6 Å². The van der Waals surface area contributed by atoms with E-state index in [1.807, 2.05) is 6.92 Å². The van der Waals surface area contributed by atoms with Crippen molar-refractivity contribution in [2.75, 3.05) is 7.05 Å². The SMILES string of the molecule is CCn1ncc(Cl)c1CN(C)C(=O)CCn1nc(C(F)(F)F)cc1C1CC1. The molecule has 1 aliphatic carbocycles. The summed E-state index contributed by atoms with van der Waals surface area (Å²) >= 11 is 6.11. The van der Waals surface area contributed by atoms with Crippen LogP contribution < -0.4 is 0 Å². The first-order valence-corrected chi connectivity index (χ1v) is 9.17. The van der Waals surface area contributed by atoms with Gasteiger partial charge in [0.1, 0.15) is 0 Å². The van der Waals surface area contributed by atoms with Crippen LogP contribution in [-0.2, 0) is 30.6 Å². The molecule has 1 aliphatic rings. The van der Waals surface area contributed by atoms with Crippen molar-refractivity contribution < 1.29 is 18.0 Å². The molecule has 2 heterocycles. The highest BCUT2D eigenvalue weighted by Crippen LogP contribution is 2.42. The lowest BCUT2D eigenvalue weighted by Gasteiger charge is -2.18. The Hall–Kier alpha value is -2.03. The first-order valence-electron chi connectivity index (χ1n) is 8.79. The highest BCUT2D eigenvalue weighted by atomic mass is 35.5. The predicted molar refractivity (Wildman–Crippen MR) is 93.2 cm³/mol. The van der Waals surface area contributed by atoms with E-state index in [1.54, 1.807) is 11.7 Å². The van der Waals surface area contributed by atoms with Gasteiger partial charge in [-0.25, -0.2) is 0 Å². The number of amides is 1. The number of rotatable bonds is 7. The molecule has 0 unspecified atom stereocenters. The van der Waals surface area contributed by atoms with Crippen LogP contribution in [0.5, 0.6) is 0 Å². The summed E-state index contributed by atoms with van der Waals surface area (Å²) < 4.78 is 41.9. The van der Waals surface area contributed by atoms with Gasteiger partial charge in [0.15, 0.2) is 5.69 Å². The van der Waals surface area contributed by atoms with Crippen LogP contribution in [0.2, 0.25) is 5.02 Å². The summed E-state index contributed by atoms with van der Waals surface area (Å²) in [6.45, 7) is 2.95. The molecule has 27 heavy (non-hydrogen) atoms. The van der Waals surface area contributed by atoms with Crippen LogP contribution in [0.25, 0.3) is 0 Å². The molecule has 0 saturated heterocycles. The van der Waals surface area contributed by atoms with Crippen LogP contribution in [-0.4, -0.2) is 37.4 Å². The second-order valence-corrected chi connectivity index (χ2v) is 7.11. The van der Waals surface area contributed by atoms with Gasteiger partial charge in [-0.15, -0.1) is 0 Å². The maximum Gasteiger partial charge on any atom is 0.435 e. The number of halogens is 4.